The number of nitrogens with one attached hydrogen (secondary N) is 2. The molecule has 1 aromatic carbocycles. The van der Waals surface area contributed by atoms with E-state index < -0.39 is 0 Å². The molecular weight excluding hydrogens is 250 g/mol. The molecule has 4 nitrogen and oxygen atoms in total. The maximum atomic E-state index is 11.8. The van der Waals surface area contributed by atoms with Gasteiger partial charge in [0.25, 0.3) is 0 Å². The van der Waals surface area contributed by atoms with Crippen LogP contribution < -0.4 is 16.4 Å². The average Bonchev–Trinajstić information content (AvgIpc) is 3.21. The molecule has 108 valence electrons. The lowest BCUT2D eigenvalue weighted by molar-refractivity contribution is -0.117. The van der Waals surface area contributed by atoms with Crippen LogP contribution in [0.3, 0.4) is 0 Å². The molecule has 0 aliphatic heterocycles. The Morgan fingerprint density at radius 2 is 2.00 bits per heavy atom. The Morgan fingerprint density at radius 1 is 1.20 bits per heavy atom. The number of carbonyl (C=O) groups excluding carboxylic acids is 1. The van der Waals surface area contributed by atoms with Gasteiger partial charge in [0.2, 0.25) is 5.91 Å². The third-order valence-electron chi connectivity index (χ3n) is 4.39. The van der Waals surface area contributed by atoms with Crippen LogP contribution in [-0.4, -0.2) is 18.5 Å². The van der Waals surface area contributed by atoms with Crippen molar-refractivity contribution in [3.8, 4) is 0 Å². The number of nitrogens with two attached hydrogens (primary N) is 1. The van der Waals surface area contributed by atoms with Crippen LogP contribution in [0.25, 0.3) is 0 Å². The maximum Gasteiger partial charge on any atom is 0.227 e. The van der Waals surface area contributed by atoms with Gasteiger partial charge < -0.3 is 16.4 Å². The molecule has 0 heterocycles. The van der Waals surface area contributed by atoms with Crippen molar-refractivity contribution in [2.75, 3.05) is 17.2 Å². The fourth-order valence-electron chi connectivity index (χ4n) is 3.00. The first-order valence-corrected chi connectivity index (χ1v) is 7.64. The largest absolute Gasteiger partial charge is 0.382 e. The molecule has 1 aromatic rings. The zero-order chi connectivity index (χ0) is 13.9. The Kier molecular flexibility index (Phi) is 3.92. The minimum Gasteiger partial charge on any atom is -0.382 e. The van der Waals surface area contributed by atoms with E-state index in [4.69, 9.17) is 5.73 Å². The van der Waals surface area contributed by atoms with Crippen molar-refractivity contribution >= 4 is 17.3 Å². The molecule has 2 saturated carbocycles. The molecule has 2 aliphatic carbocycles. The maximum absolute atomic E-state index is 11.8. The Hall–Kier alpha value is -1.55. The normalized spacial score (nSPS) is 25.4. The highest BCUT2D eigenvalue weighted by molar-refractivity contribution is 5.94. The molecule has 2 fully saturated rings. The standard InChI is InChI=1S/C16H23N3O/c17-10-12-3-1-6-15(12)18-13-4-2-5-14(9-13)19-16(20)11-7-8-11/h2,4-5,9,11-12,15,18H,1,3,6-8,10,17H2,(H,19,20). The van der Waals surface area contributed by atoms with E-state index in [1.54, 1.807) is 0 Å². The highest BCUT2D eigenvalue weighted by Crippen LogP contribution is 2.31. The van der Waals surface area contributed by atoms with Gasteiger partial charge in [0.1, 0.15) is 0 Å². The summed E-state index contributed by atoms with van der Waals surface area (Å²) in [5.74, 6) is 0.964. The van der Waals surface area contributed by atoms with Crippen molar-refractivity contribution in [1.82, 2.24) is 0 Å². The smallest absolute Gasteiger partial charge is 0.227 e. The van der Waals surface area contributed by atoms with E-state index in [0.717, 1.165) is 30.8 Å². The lowest BCUT2D eigenvalue weighted by Crippen LogP contribution is -2.29. The van der Waals surface area contributed by atoms with Gasteiger partial charge in [0, 0.05) is 23.3 Å². The van der Waals surface area contributed by atoms with Crippen molar-refractivity contribution < 1.29 is 4.79 Å². The van der Waals surface area contributed by atoms with Crippen molar-refractivity contribution in [2.45, 2.75) is 38.1 Å². The predicted octanol–water partition coefficient (Wildman–Crippen LogP) is 2.57. The first-order valence-electron chi connectivity index (χ1n) is 7.64. The van der Waals surface area contributed by atoms with E-state index in [9.17, 15) is 4.79 Å². The van der Waals surface area contributed by atoms with E-state index >= 15 is 0 Å². The van der Waals surface area contributed by atoms with E-state index in [2.05, 4.69) is 16.7 Å². The third kappa shape index (κ3) is 3.12. The molecule has 0 radical (unpaired) electrons. The highest BCUT2D eigenvalue weighted by Gasteiger charge is 2.29. The van der Waals surface area contributed by atoms with Crippen LogP contribution in [0.2, 0.25) is 0 Å². The van der Waals surface area contributed by atoms with Crippen molar-refractivity contribution in [3.63, 3.8) is 0 Å². The molecule has 1 amide bonds. The summed E-state index contributed by atoms with van der Waals surface area (Å²) in [6, 6.07) is 8.47. The van der Waals surface area contributed by atoms with Crippen LogP contribution >= 0.6 is 0 Å². The van der Waals surface area contributed by atoms with Gasteiger partial charge in [0.05, 0.1) is 0 Å². The molecule has 20 heavy (non-hydrogen) atoms. The van der Waals surface area contributed by atoms with Crippen LogP contribution in [0, 0.1) is 11.8 Å². The number of anilines is 2. The van der Waals surface area contributed by atoms with Gasteiger partial charge in [-0.15, -0.1) is 0 Å². The van der Waals surface area contributed by atoms with Gasteiger partial charge in [-0.05, 0) is 56.3 Å². The van der Waals surface area contributed by atoms with Crippen molar-refractivity contribution in [3.05, 3.63) is 24.3 Å². The lowest BCUT2D eigenvalue weighted by Gasteiger charge is -2.21. The Labute approximate surface area is 120 Å². The summed E-state index contributed by atoms with van der Waals surface area (Å²) < 4.78 is 0. The molecule has 0 bridgehead atoms. The zero-order valence-electron chi connectivity index (χ0n) is 11.8. The topological polar surface area (TPSA) is 67.2 Å². The first kappa shape index (κ1) is 13.4. The van der Waals surface area contributed by atoms with Crippen LogP contribution in [0.4, 0.5) is 11.4 Å². The monoisotopic (exact) mass is 273 g/mol. The van der Waals surface area contributed by atoms with E-state index in [1.807, 2.05) is 18.2 Å². The number of carbonyl (C=O) groups is 1. The fourth-order valence-corrected chi connectivity index (χ4v) is 3.00. The van der Waals surface area contributed by atoms with Gasteiger partial charge in [-0.3, -0.25) is 4.79 Å². The summed E-state index contributed by atoms with van der Waals surface area (Å²) in [6.07, 6.45) is 5.71. The quantitative estimate of drug-likeness (QED) is 0.772. The number of amides is 1. The molecule has 2 atom stereocenters. The summed E-state index contributed by atoms with van der Waals surface area (Å²) in [4.78, 5) is 11.8. The Balaban J connectivity index is 1.63. The molecular formula is C16H23N3O. The fraction of sp³-hybridized carbons (Fsp3) is 0.562. The second-order valence-electron chi connectivity index (χ2n) is 6.02. The Bertz CT molecular complexity index is 484. The summed E-state index contributed by atoms with van der Waals surface area (Å²) in [5.41, 5.74) is 7.77. The minimum atomic E-state index is 0.155. The first-order chi connectivity index (χ1) is 9.76. The van der Waals surface area contributed by atoms with Crippen LogP contribution in [0.15, 0.2) is 24.3 Å². The zero-order valence-corrected chi connectivity index (χ0v) is 11.8. The SMILES string of the molecule is NCC1CCCC1Nc1cccc(NC(=O)C2CC2)c1. The van der Waals surface area contributed by atoms with E-state index in [1.165, 1.54) is 19.3 Å². The second kappa shape index (κ2) is 5.83. The molecule has 2 unspecified atom stereocenters. The average molecular weight is 273 g/mol. The van der Waals surface area contributed by atoms with Crippen molar-refractivity contribution in [2.24, 2.45) is 17.6 Å². The molecule has 0 saturated heterocycles. The summed E-state index contributed by atoms with van der Waals surface area (Å²) >= 11 is 0. The third-order valence-corrected chi connectivity index (χ3v) is 4.39. The molecule has 2 aliphatic rings. The summed E-state index contributed by atoms with van der Waals surface area (Å²) in [6.45, 7) is 0.746. The molecule has 4 N–H and O–H groups in total. The predicted molar refractivity (Wildman–Crippen MR) is 81.6 cm³/mol. The number of rotatable bonds is 5. The van der Waals surface area contributed by atoms with Gasteiger partial charge in [-0.1, -0.05) is 12.5 Å². The molecule has 0 aromatic heterocycles. The van der Waals surface area contributed by atoms with Gasteiger partial charge in [-0.2, -0.15) is 0 Å². The van der Waals surface area contributed by atoms with E-state index in [-0.39, 0.29) is 11.8 Å². The number of hydrogen-bond acceptors (Lipinski definition) is 3. The molecule has 4 heteroatoms. The molecule has 3 rings (SSSR count). The van der Waals surface area contributed by atoms with Crippen molar-refractivity contribution in [1.29, 1.82) is 0 Å². The summed E-state index contributed by atoms with van der Waals surface area (Å²) in [5, 5.41) is 6.56. The van der Waals surface area contributed by atoms with Gasteiger partial charge in [-0.25, -0.2) is 0 Å². The van der Waals surface area contributed by atoms with Gasteiger partial charge >= 0.3 is 0 Å². The number of benzene rings is 1. The lowest BCUT2D eigenvalue weighted by atomic mass is 10.0. The summed E-state index contributed by atoms with van der Waals surface area (Å²) in [7, 11) is 0. The number of hydrogen-bond donors (Lipinski definition) is 3. The highest BCUT2D eigenvalue weighted by atomic mass is 16.2. The molecule has 0 spiro atoms. The van der Waals surface area contributed by atoms with Gasteiger partial charge in [0.15, 0.2) is 0 Å². The van der Waals surface area contributed by atoms with Crippen LogP contribution in [0.1, 0.15) is 32.1 Å². The van der Waals surface area contributed by atoms with Crippen LogP contribution in [0.5, 0.6) is 0 Å². The van der Waals surface area contributed by atoms with Crippen LogP contribution in [-0.2, 0) is 4.79 Å². The van der Waals surface area contributed by atoms with E-state index in [0.29, 0.717) is 12.0 Å². The second-order valence-corrected chi connectivity index (χ2v) is 6.02. The minimum absolute atomic E-state index is 0.155. The Morgan fingerprint density at radius 3 is 2.75 bits per heavy atom.